The van der Waals surface area contributed by atoms with Crippen molar-refractivity contribution in [2.75, 3.05) is 6.61 Å². The summed E-state index contributed by atoms with van der Waals surface area (Å²) in [4.78, 5) is 30.6. The average Bonchev–Trinajstić information content (AvgIpc) is 3.41. The van der Waals surface area contributed by atoms with Crippen molar-refractivity contribution in [2.45, 2.75) is 0 Å². The molecule has 152 valence electrons. The van der Waals surface area contributed by atoms with Gasteiger partial charge in [-0.05, 0) is 36.4 Å². The highest BCUT2D eigenvalue weighted by atomic mass is 16.6. The molecule has 3 aromatic heterocycles. The minimum absolute atomic E-state index is 0.0000611. The average molecular weight is 412 g/mol. The Morgan fingerprint density at radius 1 is 1.06 bits per heavy atom. The second-order valence-corrected chi connectivity index (χ2v) is 7.02. The second-order valence-electron chi connectivity index (χ2n) is 7.02. The van der Waals surface area contributed by atoms with E-state index in [4.69, 9.17) is 4.74 Å². The standard InChI is InChI=1S/C23H16N4O4/c28-22(19-11-24-20-4-2-1-3-18(19)20)14-31-17-8-5-15(6-9-17)21-13-26-12-16(27(29)30)7-10-23(26)25-21/h1-13,24H,14H2. The first-order valence-electron chi connectivity index (χ1n) is 9.54. The molecule has 0 atom stereocenters. The quantitative estimate of drug-likeness (QED) is 0.248. The molecular weight excluding hydrogens is 396 g/mol. The number of imidazole rings is 1. The van der Waals surface area contributed by atoms with Gasteiger partial charge in [-0.25, -0.2) is 4.98 Å². The number of H-pyrrole nitrogens is 1. The maximum atomic E-state index is 12.6. The second kappa shape index (κ2) is 7.42. The molecule has 8 heteroatoms. The number of carbonyl (C=O) groups excluding carboxylic acids is 1. The number of Topliss-reactive ketones (excluding diaryl/α,β-unsaturated/α-hetero) is 1. The largest absolute Gasteiger partial charge is 0.485 e. The van der Waals surface area contributed by atoms with Crippen LogP contribution in [0.1, 0.15) is 10.4 Å². The molecule has 1 N–H and O–H groups in total. The third kappa shape index (κ3) is 3.51. The Morgan fingerprint density at radius 3 is 2.68 bits per heavy atom. The number of hydrogen-bond donors (Lipinski definition) is 1. The fraction of sp³-hybridized carbons (Fsp3) is 0.0435. The first kappa shape index (κ1) is 18.6. The number of ketones is 1. The predicted octanol–water partition coefficient (Wildman–Crippen LogP) is 4.65. The van der Waals surface area contributed by atoms with Gasteiger partial charge in [-0.1, -0.05) is 18.2 Å². The zero-order valence-electron chi connectivity index (χ0n) is 16.2. The molecular formula is C23H16N4O4. The smallest absolute Gasteiger partial charge is 0.286 e. The molecule has 0 unspecified atom stereocenters. The Morgan fingerprint density at radius 2 is 1.87 bits per heavy atom. The number of hydrogen-bond acceptors (Lipinski definition) is 5. The molecule has 0 aliphatic carbocycles. The molecule has 0 aliphatic heterocycles. The van der Waals surface area contributed by atoms with Crippen LogP contribution in [0, 0.1) is 10.1 Å². The van der Waals surface area contributed by atoms with Crippen LogP contribution < -0.4 is 4.74 Å². The highest BCUT2D eigenvalue weighted by Gasteiger charge is 2.13. The van der Waals surface area contributed by atoms with Crippen molar-refractivity contribution in [1.29, 1.82) is 0 Å². The van der Waals surface area contributed by atoms with E-state index in [0.29, 0.717) is 22.7 Å². The fourth-order valence-electron chi connectivity index (χ4n) is 3.48. The molecule has 5 rings (SSSR count). The number of aromatic nitrogens is 3. The number of carbonyl (C=O) groups is 1. The molecule has 8 nitrogen and oxygen atoms in total. The number of fused-ring (bicyclic) bond motifs is 2. The van der Waals surface area contributed by atoms with Crippen LogP contribution in [0.3, 0.4) is 0 Å². The van der Waals surface area contributed by atoms with Crippen LogP contribution in [0.5, 0.6) is 5.75 Å². The van der Waals surface area contributed by atoms with E-state index in [1.807, 2.05) is 36.4 Å². The number of para-hydroxylation sites is 1. The van der Waals surface area contributed by atoms with Crippen molar-refractivity contribution in [2.24, 2.45) is 0 Å². The number of nitrogens with zero attached hydrogens (tertiary/aromatic N) is 3. The topological polar surface area (TPSA) is 103 Å². The molecule has 0 spiro atoms. The van der Waals surface area contributed by atoms with E-state index in [1.165, 1.54) is 12.3 Å². The van der Waals surface area contributed by atoms with E-state index < -0.39 is 4.92 Å². The maximum absolute atomic E-state index is 12.6. The van der Waals surface area contributed by atoms with Crippen molar-refractivity contribution >= 4 is 28.0 Å². The van der Waals surface area contributed by atoms with E-state index in [2.05, 4.69) is 9.97 Å². The highest BCUT2D eigenvalue weighted by molar-refractivity contribution is 6.08. The number of nitro groups is 1. The van der Waals surface area contributed by atoms with Gasteiger partial charge in [0.15, 0.2) is 6.61 Å². The van der Waals surface area contributed by atoms with E-state index in [1.54, 1.807) is 35.0 Å². The van der Waals surface area contributed by atoms with Crippen LogP contribution in [0.15, 0.2) is 79.3 Å². The van der Waals surface area contributed by atoms with E-state index in [-0.39, 0.29) is 18.1 Å². The van der Waals surface area contributed by atoms with Crippen LogP contribution in [0.2, 0.25) is 0 Å². The van der Waals surface area contributed by atoms with Gasteiger partial charge in [-0.3, -0.25) is 19.3 Å². The number of benzene rings is 2. The number of pyridine rings is 1. The lowest BCUT2D eigenvalue weighted by atomic mass is 10.1. The number of aromatic amines is 1. The van der Waals surface area contributed by atoms with Gasteiger partial charge in [0.1, 0.15) is 11.4 Å². The summed E-state index contributed by atoms with van der Waals surface area (Å²) in [5.74, 6) is 0.458. The number of nitrogens with one attached hydrogen (secondary N) is 1. The summed E-state index contributed by atoms with van der Waals surface area (Å²) < 4.78 is 7.29. The molecule has 2 aromatic carbocycles. The molecule has 0 fully saturated rings. The van der Waals surface area contributed by atoms with Gasteiger partial charge in [0.05, 0.1) is 16.8 Å². The van der Waals surface area contributed by atoms with Gasteiger partial charge >= 0.3 is 0 Å². The van der Waals surface area contributed by atoms with Crippen molar-refractivity contribution in [3.63, 3.8) is 0 Å². The maximum Gasteiger partial charge on any atom is 0.286 e. The van der Waals surface area contributed by atoms with Crippen LogP contribution in [0.4, 0.5) is 5.69 Å². The Bertz CT molecular complexity index is 1430. The molecule has 3 heterocycles. The molecule has 0 saturated heterocycles. The van der Waals surface area contributed by atoms with Crippen molar-refractivity contribution in [1.82, 2.24) is 14.4 Å². The summed E-state index contributed by atoms with van der Waals surface area (Å²) in [6, 6.07) is 17.9. The molecule has 0 aliphatic rings. The first-order chi connectivity index (χ1) is 15.1. The summed E-state index contributed by atoms with van der Waals surface area (Å²) in [5, 5.41) is 11.8. The van der Waals surface area contributed by atoms with Crippen LogP contribution >= 0.6 is 0 Å². The Hall–Kier alpha value is -4.46. The summed E-state index contributed by atoms with van der Waals surface area (Å²) in [6.07, 6.45) is 4.87. The van der Waals surface area contributed by atoms with Crippen molar-refractivity contribution in [3.8, 4) is 17.0 Å². The van der Waals surface area contributed by atoms with Gasteiger partial charge in [0.25, 0.3) is 5.69 Å². The van der Waals surface area contributed by atoms with E-state index in [0.717, 1.165) is 16.5 Å². The van der Waals surface area contributed by atoms with Crippen LogP contribution in [-0.4, -0.2) is 31.7 Å². The molecule has 0 amide bonds. The summed E-state index contributed by atoms with van der Waals surface area (Å²) in [7, 11) is 0. The first-order valence-corrected chi connectivity index (χ1v) is 9.54. The molecule has 0 bridgehead atoms. The molecule has 0 radical (unpaired) electrons. The molecule has 31 heavy (non-hydrogen) atoms. The van der Waals surface area contributed by atoms with Gasteiger partial charge in [0, 0.05) is 40.5 Å². The molecule has 0 saturated carbocycles. The van der Waals surface area contributed by atoms with Crippen LogP contribution in [0.25, 0.3) is 27.8 Å². The minimum Gasteiger partial charge on any atom is -0.485 e. The lowest BCUT2D eigenvalue weighted by Crippen LogP contribution is -2.11. The zero-order chi connectivity index (χ0) is 21.4. The third-order valence-electron chi connectivity index (χ3n) is 5.06. The Kier molecular flexibility index (Phi) is 4.44. The van der Waals surface area contributed by atoms with Gasteiger partial charge in [0.2, 0.25) is 5.78 Å². The summed E-state index contributed by atoms with van der Waals surface area (Å²) in [5.41, 5.74) is 3.65. The van der Waals surface area contributed by atoms with Crippen molar-refractivity contribution < 1.29 is 14.5 Å². The monoisotopic (exact) mass is 412 g/mol. The van der Waals surface area contributed by atoms with E-state index >= 15 is 0 Å². The Balaban J connectivity index is 1.30. The lowest BCUT2D eigenvalue weighted by Gasteiger charge is -2.06. The highest BCUT2D eigenvalue weighted by Crippen LogP contribution is 2.24. The van der Waals surface area contributed by atoms with E-state index in [9.17, 15) is 14.9 Å². The Labute approximate surface area is 175 Å². The van der Waals surface area contributed by atoms with Crippen LogP contribution in [-0.2, 0) is 0 Å². The van der Waals surface area contributed by atoms with Gasteiger partial charge in [-0.15, -0.1) is 0 Å². The van der Waals surface area contributed by atoms with Crippen molar-refractivity contribution in [3.05, 3.63) is 94.9 Å². The van der Waals surface area contributed by atoms with Gasteiger partial charge < -0.3 is 9.72 Å². The minimum atomic E-state index is -0.442. The number of ether oxygens (including phenoxy) is 1. The molecule has 5 aromatic rings. The predicted molar refractivity (Wildman–Crippen MR) is 115 cm³/mol. The normalized spacial score (nSPS) is 11.1. The van der Waals surface area contributed by atoms with Gasteiger partial charge in [-0.2, -0.15) is 0 Å². The third-order valence-corrected chi connectivity index (χ3v) is 5.06. The summed E-state index contributed by atoms with van der Waals surface area (Å²) in [6.45, 7) is -0.0702. The summed E-state index contributed by atoms with van der Waals surface area (Å²) >= 11 is 0. The number of rotatable bonds is 6. The lowest BCUT2D eigenvalue weighted by molar-refractivity contribution is -0.385. The SMILES string of the molecule is O=C(COc1ccc(-c2cn3cc([N+](=O)[O-])ccc3n2)cc1)c1c[nH]c2ccccc12. The zero-order valence-corrected chi connectivity index (χ0v) is 16.2. The fourth-order valence-corrected chi connectivity index (χ4v) is 3.48.